The summed E-state index contributed by atoms with van der Waals surface area (Å²) in [5.41, 5.74) is 3.94. The van der Waals surface area contributed by atoms with Crippen LogP contribution >= 0.6 is 27.3 Å². The Bertz CT molecular complexity index is 561. The van der Waals surface area contributed by atoms with Crippen molar-refractivity contribution in [1.82, 2.24) is 0 Å². The van der Waals surface area contributed by atoms with Crippen LogP contribution in [0.15, 0.2) is 34.1 Å². The molecule has 3 rings (SSSR count). The molecule has 1 N–H and O–H groups in total. The maximum Gasteiger partial charge on any atom is 0.0838 e. The second-order valence-electron chi connectivity index (χ2n) is 4.79. The number of hydrogen-bond donors (Lipinski definition) is 1. The molecule has 1 aromatic heterocycles. The normalized spacial score (nSPS) is 15.7. The maximum absolute atomic E-state index is 10.3. The summed E-state index contributed by atoms with van der Waals surface area (Å²) in [6, 6.07) is 8.49. The monoisotopic (exact) mass is 322 g/mol. The summed E-state index contributed by atoms with van der Waals surface area (Å²) in [5.74, 6) is 0. The number of aryl methyl sites for hydroxylation is 2. The molecule has 0 fully saturated rings. The van der Waals surface area contributed by atoms with Crippen molar-refractivity contribution >= 4 is 27.3 Å². The van der Waals surface area contributed by atoms with Gasteiger partial charge in [-0.15, -0.1) is 11.3 Å². The number of fused-ring (bicyclic) bond motifs is 1. The van der Waals surface area contributed by atoms with E-state index in [1.807, 2.05) is 6.07 Å². The summed E-state index contributed by atoms with van der Waals surface area (Å²) in [5, 5.41) is 12.4. The molecule has 0 bridgehead atoms. The Morgan fingerprint density at radius 2 is 2.06 bits per heavy atom. The molecule has 1 nitrogen and oxygen atoms in total. The Kier molecular flexibility index (Phi) is 3.55. The van der Waals surface area contributed by atoms with Gasteiger partial charge in [0.25, 0.3) is 0 Å². The minimum absolute atomic E-state index is 0.397. The third kappa shape index (κ3) is 2.40. The second-order valence-corrected chi connectivity index (χ2v) is 6.65. The predicted molar refractivity (Wildman–Crippen MR) is 79.1 cm³/mol. The summed E-state index contributed by atoms with van der Waals surface area (Å²) >= 11 is 5.21. The van der Waals surface area contributed by atoms with E-state index >= 15 is 0 Å². The van der Waals surface area contributed by atoms with Gasteiger partial charge < -0.3 is 5.11 Å². The molecule has 0 spiro atoms. The molecule has 2 aromatic rings. The number of hydrogen-bond acceptors (Lipinski definition) is 2. The molecule has 1 aliphatic carbocycles. The van der Waals surface area contributed by atoms with E-state index in [1.54, 1.807) is 11.3 Å². The van der Waals surface area contributed by atoms with Crippen molar-refractivity contribution in [3.05, 3.63) is 55.7 Å². The summed E-state index contributed by atoms with van der Waals surface area (Å²) in [6.07, 6.45) is 3.91. The van der Waals surface area contributed by atoms with Crippen molar-refractivity contribution < 1.29 is 5.11 Å². The summed E-state index contributed by atoms with van der Waals surface area (Å²) in [7, 11) is 0. The lowest BCUT2D eigenvalue weighted by Crippen LogP contribution is -2.02. The van der Waals surface area contributed by atoms with Gasteiger partial charge in [-0.2, -0.15) is 0 Å². The molecule has 0 saturated heterocycles. The largest absolute Gasteiger partial charge is 0.388 e. The fraction of sp³-hybridized carbons (Fsp3) is 0.333. The van der Waals surface area contributed by atoms with Crippen LogP contribution in [-0.4, -0.2) is 5.11 Å². The minimum Gasteiger partial charge on any atom is -0.388 e. The zero-order valence-corrected chi connectivity index (χ0v) is 12.4. The van der Waals surface area contributed by atoms with Crippen LogP contribution in [0.1, 0.15) is 34.1 Å². The Morgan fingerprint density at radius 1 is 1.22 bits per heavy atom. The van der Waals surface area contributed by atoms with Crippen molar-refractivity contribution in [3.8, 4) is 0 Å². The van der Waals surface area contributed by atoms with Crippen molar-refractivity contribution in [2.75, 3.05) is 0 Å². The van der Waals surface area contributed by atoms with E-state index in [0.29, 0.717) is 6.42 Å². The van der Waals surface area contributed by atoms with E-state index in [2.05, 4.69) is 39.5 Å². The maximum atomic E-state index is 10.3. The summed E-state index contributed by atoms with van der Waals surface area (Å²) in [6.45, 7) is 0. The van der Waals surface area contributed by atoms with Gasteiger partial charge in [-0.25, -0.2) is 0 Å². The molecular formula is C15H15BrOS. The van der Waals surface area contributed by atoms with Crippen molar-refractivity contribution in [3.63, 3.8) is 0 Å². The van der Waals surface area contributed by atoms with Gasteiger partial charge in [-0.1, -0.05) is 18.2 Å². The molecule has 3 heteroatoms. The quantitative estimate of drug-likeness (QED) is 0.894. The summed E-state index contributed by atoms with van der Waals surface area (Å²) in [4.78, 5) is 1.21. The van der Waals surface area contributed by atoms with E-state index in [1.165, 1.54) is 35.3 Å². The Morgan fingerprint density at radius 3 is 2.83 bits per heavy atom. The molecule has 1 unspecified atom stereocenters. The third-order valence-corrected chi connectivity index (χ3v) is 5.53. The molecule has 1 heterocycles. The predicted octanol–water partition coefficient (Wildman–Crippen LogP) is 4.28. The molecule has 1 aliphatic rings. The number of rotatable bonds is 3. The number of aliphatic hydroxyl groups excluding tert-OH is 1. The van der Waals surface area contributed by atoms with E-state index in [0.717, 1.165) is 10.0 Å². The van der Waals surface area contributed by atoms with Crippen LogP contribution < -0.4 is 0 Å². The first-order chi connectivity index (χ1) is 8.74. The number of benzene rings is 1. The first-order valence-electron chi connectivity index (χ1n) is 6.25. The van der Waals surface area contributed by atoms with E-state index in [9.17, 15) is 5.11 Å². The van der Waals surface area contributed by atoms with Crippen LogP contribution in [0.4, 0.5) is 0 Å². The van der Waals surface area contributed by atoms with Crippen LogP contribution in [0.5, 0.6) is 0 Å². The second kappa shape index (κ2) is 5.16. The van der Waals surface area contributed by atoms with Gasteiger partial charge in [0.2, 0.25) is 0 Å². The zero-order chi connectivity index (χ0) is 12.5. The van der Waals surface area contributed by atoms with Crippen LogP contribution in [0.3, 0.4) is 0 Å². The van der Waals surface area contributed by atoms with Gasteiger partial charge in [0.05, 0.1) is 6.10 Å². The molecule has 1 atom stereocenters. The van der Waals surface area contributed by atoms with Crippen molar-refractivity contribution in [1.29, 1.82) is 0 Å². The van der Waals surface area contributed by atoms with E-state index in [4.69, 9.17) is 0 Å². The molecule has 0 saturated carbocycles. The zero-order valence-electron chi connectivity index (χ0n) is 10.0. The first kappa shape index (κ1) is 12.4. The molecular weight excluding hydrogens is 308 g/mol. The van der Waals surface area contributed by atoms with Crippen LogP contribution in [0.2, 0.25) is 0 Å². The van der Waals surface area contributed by atoms with Crippen molar-refractivity contribution in [2.24, 2.45) is 0 Å². The Labute approximate surface area is 120 Å². The molecule has 0 amide bonds. The molecule has 1 aromatic carbocycles. The SMILES string of the molecule is OC(Cc1sccc1Br)c1ccc2c(c1)CCC2. The third-order valence-electron chi connectivity index (χ3n) is 3.58. The van der Waals surface area contributed by atoms with Gasteiger partial charge in [0, 0.05) is 15.8 Å². The van der Waals surface area contributed by atoms with Crippen LogP contribution in [0.25, 0.3) is 0 Å². The van der Waals surface area contributed by atoms with Gasteiger partial charge >= 0.3 is 0 Å². The Hall–Kier alpha value is -0.640. The minimum atomic E-state index is -0.397. The molecule has 94 valence electrons. The average molecular weight is 323 g/mol. The smallest absolute Gasteiger partial charge is 0.0838 e. The average Bonchev–Trinajstić information content (AvgIpc) is 2.98. The summed E-state index contributed by atoms with van der Waals surface area (Å²) < 4.78 is 1.10. The van der Waals surface area contributed by atoms with Gasteiger partial charge in [-0.3, -0.25) is 0 Å². The van der Waals surface area contributed by atoms with E-state index in [-0.39, 0.29) is 0 Å². The lowest BCUT2D eigenvalue weighted by atomic mass is 10.0. The highest BCUT2D eigenvalue weighted by Gasteiger charge is 2.16. The highest BCUT2D eigenvalue weighted by Crippen LogP contribution is 2.30. The topological polar surface area (TPSA) is 20.2 Å². The van der Waals surface area contributed by atoms with Gasteiger partial charge in [0.1, 0.15) is 0 Å². The number of halogens is 1. The fourth-order valence-electron chi connectivity index (χ4n) is 2.56. The molecule has 0 radical (unpaired) electrons. The highest BCUT2D eigenvalue weighted by molar-refractivity contribution is 9.10. The highest BCUT2D eigenvalue weighted by atomic mass is 79.9. The van der Waals surface area contributed by atoms with Crippen LogP contribution in [-0.2, 0) is 19.3 Å². The first-order valence-corrected chi connectivity index (χ1v) is 7.93. The fourth-order valence-corrected chi connectivity index (χ4v) is 4.12. The lowest BCUT2D eigenvalue weighted by Gasteiger charge is -2.12. The lowest BCUT2D eigenvalue weighted by molar-refractivity contribution is 0.179. The van der Waals surface area contributed by atoms with Gasteiger partial charge in [-0.05, 0) is 63.3 Å². The molecule has 18 heavy (non-hydrogen) atoms. The number of thiophene rings is 1. The van der Waals surface area contributed by atoms with Crippen molar-refractivity contribution in [2.45, 2.75) is 31.8 Å². The molecule has 0 aliphatic heterocycles. The van der Waals surface area contributed by atoms with Crippen LogP contribution in [0, 0.1) is 0 Å². The van der Waals surface area contributed by atoms with Gasteiger partial charge in [0.15, 0.2) is 0 Å². The number of aliphatic hydroxyl groups is 1. The standard InChI is InChI=1S/C15H15BrOS/c16-13-6-7-18-15(13)9-14(17)12-5-4-10-2-1-3-11(10)8-12/h4-8,14,17H,1-3,9H2. The Balaban J connectivity index is 1.80. The van der Waals surface area contributed by atoms with E-state index < -0.39 is 6.10 Å².